The number of hydrogen-bond donors (Lipinski definition) is 5. The van der Waals surface area contributed by atoms with Crippen LogP contribution in [0.25, 0.3) is 0 Å². The summed E-state index contributed by atoms with van der Waals surface area (Å²) in [7, 11) is 0. The first-order chi connectivity index (χ1) is 11.8. The van der Waals surface area contributed by atoms with Gasteiger partial charge in [-0.3, -0.25) is 4.79 Å². The summed E-state index contributed by atoms with van der Waals surface area (Å²) >= 11 is 0. The first kappa shape index (κ1) is 18.7. The van der Waals surface area contributed by atoms with E-state index in [-0.39, 0.29) is 18.4 Å². The summed E-state index contributed by atoms with van der Waals surface area (Å²) < 4.78 is 0. The Morgan fingerprint density at radius 1 is 0.960 bits per heavy atom. The molecule has 5 N–H and O–H groups in total. The number of amides is 1. The highest BCUT2D eigenvalue weighted by Crippen LogP contribution is 2.12. The van der Waals surface area contributed by atoms with Gasteiger partial charge < -0.3 is 25.5 Å². The highest BCUT2D eigenvalue weighted by molar-refractivity contribution is 6.58. The van der Waals surface area contributed by atoms with Gasteiger partial charge in [-0.2, -0.15) is 0 Å². The molecule has 2 rings (SSSR count). The summed E-state index contributed by atoms with van der Waals surface area (Å²) in [5.74, 6) is -2.98. The number of carboxylic acids is 1. The molecule has 25 heavy (non-hydrogen) atoms. The molecule has 8 heteroatoms. The van der Waals surface area contributed by atoms with Crippen molar-refractivity contribution in [3.05, 3.63) is 71.3 Å². The second kappa shape index (κ2) is 7.93. The topological polar surface area (TPSA) is 127 Å². The first-order valence-corrected chi connectivity index (χ1v) is 7.73. The van der Waals surface area contributed by atoms with Crippen LogP contribution in [0.1, 0.15) is 21.5 Å². The molecule has 0 fully saturated rings. The van der Waals surface area contributed by atoms with Crippen molar-refractivity contribution in [2.75, 3.05) is 0 Å². The van der Waals surface area contributed by atoms with Gasteiger partial charge >= 0.3 is 12.7 Å². The van der Waals surface area contributed by atoms with Crippen LogP contribution in [-0.4, -0.2) is 44.8 Å². The largest absolute Gasteiger partial charge is 0.558 e. The summed E-state index contributed by atoms with van der Waals surface area (Å²) in [5.41, 5.74) is 1.20. The fourth-order valence-electron chi connectivity index (χ4n) is 2.45. The Bertz CT molecular complexity index is 744. The monoisotopic (exact) mass is 344 g/mol. The standard InChI is InChI=1S/C17H19BNO6/c20-16(11-12-5-2-1-3-6-12)19-15(18(23,24)25)10-13-7-4-8-14(9-13)17(21)22/h1-9,15,23-25H,10-11H2,(H,19,20)(H,21,22)/q-1/t15-/m0/s1. The third-order valence-corrected chi connectivity index (χ3v) is 3.72. The minimum Gasteiger partial charge on any atom is -0.558 e. The lowest BCUT2D eigenvalue weighted by molar-refractivity contribution is -0.121. The molecule has 1 amide bonds. The Labute approximate surface area is 144 Å². The molecule has 1 atom stereocenters. The van der Waals surface area contributed by atoms with Crippen molar-refractivity contribution in [2.45, 2.75) is 18.8 Å². The molecule has 0 aliphatic rings. The molecule has 0 radical (unpaired) electrons. The van der Waals surface area contributed by atoms with E-state index in [2.05, 4.69) is 5.32 Å². The van der Waals surface area contributed by atoms with Crippen molar-refractivity contribution in [1.29, 1.82) is 0 Å². The van der Waals surface area contributed by atoms with Crippen molar-refractivity contribution in [3.63, 3.8) is 0 Å². The van der Waals surface area contributed by atoms with Crippen LogP contribution in [0.2, 0.25) is 0 Å². The van der Waals surface area contributed by atoms with Crippen LogP contribution in [0, 0.1) is 0 Å². The van der Waals surface area contributed by atoms with E-state index >= 15 is 0 Å². The molecule has 7 nitrogen and oxygen atoms in total. The van der Waals surface area contributed by atoms with Gasteiger partial charge in [-0.05, 0) is 35.6 Å². The lowest BCUT2D eigenvalue weighted by atomic mass is 9.67. The van der Waals surface area contributed by atoms with Crippen molar-refractivity contribution in [3.8, 4) is 0 Å². The third kappa shape index (κ3) is 5.72. The lowest BCUT2D eigenvalue weighted by Gasteiger charge is -2.32. The van der Waals surface area contributed by atoms with Crippen molar-refractivity contribution in [1.82, 2.24) is 5.32 Å². The first-order valence-electron chi connectivity index (χ1n) is 7.73. The van der Waals surface area contributed by atoms with Crippen LogP contribution in [0.15, 0.2) is 54.6 Å². The molecule has 2 aromatic carbocycles. The Kier molecular flexibility index (Phi) is 5.92. The molecule has 0 bridgehead atoms. The molecule has 2 aromatic rings. The average molecular weight is 344 g/mol. The molecule has 0 heterocycles. The SMILES string of the molecule is O=C(Cc1ccccc1)N[C@@H](Cc1cccc(C(=O)O)c1)[B-](O)(O)O. The Hall–Kier alpha value is -2.68. The number of carbonyl (C=O) groups excluding carboxylic acids is 1. The van der Waals surface area contributed by atoms with E-state index in [9.17, 15) is 24.7 Å². The van der Waals surface area contributed by atoms with Crippen LogP contribution >= 0.6 is 0 Å². The van der Waals surface area contributed by atoms with Gasteiger partial charge in [-0.1, -0.05) is 42.5 Å². The molecule has 132 valence electrons. The Balaban J connectivity index is 2.10. The van der Waals surface area contributed by atoms with Crippen LogP contribution in [0.3, 0.4) is 0 Å². The minimum atomic E-state index is -3.83. The molecule has 0 spiro atoms. The van der Waals surface area contributed by atoms with Gasteiger partial charge in [-0.15, -0.1) is 0 Å². The number of nitrogens with one attached hydrogen (secondary N) is 1. The summed E-state index contributed by atoms with van der Waals surface area (Å²) in [6.07, 6.45) is -0.121. The number of carboxylic acid groups (broad SMARTS) is 1. The predicted octanol–water partition coefficient (Wildman–Crippen LogP) is 0.110. The Morgan fingerprint density at radius 3 is 2.20 bits per heavy atom. The third-order valence-electron chi connectivity index (χ3n) is 3.72. The minimum absolute atomic E-state index is 0.0126. The second-order valence-electron chi connectivity index (χ2n) is 5.84. The average Bonchev–Trinajstić information content (AvgIpc) is 2.54. The van der Waals surface area contributed by atoms with Gasteiger partial charge in [-0.25, -0.2) is 4.79 Å². The lowest BCUT2D eigenvalue weighted by Crippen LogP contribution is -2.59. The fraction of sp³-hybridized carbons (Fsp3) is 0.176. The van der Waals surface area contributed by atoms with E-state index < -0.39 is 24.6 Å². The fourth-order valence-corrected chi connectivity index (χ4v) is 2.45. The maximum Gasteiger partial charge on any atom is 0.394 e. The maximum atomic E-state index is 12.1. The number of aromatic carboxylic acids is 1. The van der Waals surface area contributed by atoms with Crippen LogP contribution in [0.5, 0.6) is 0 Å². The van der Waals surface area contributed by atoms with E-state index in [1.165, 1.54) is 18.2 Å². The van der Waals surface area contributed by atoms with Crippen molar-refractivity contribution < 1.29 is 29.8 Å². The van der Waals surface area contributed by atoms with Gasteiger partial charge in [0.05, 0.1) is 12.0 Å². The maximum absolute atomic E-state index is 12.1. The van der Waals surface area contributed by atoms with Crippen molar-refractivity contribution >= 4 is 18.6 Å². The van der Waals surface area contributed by atoms with Gasteiger partial charge in [0, 0.05) is 0 Å². The molecular formula is C17H19BNO6-. The molecule has 0 aliphatic heterocycles. The molecule has 0 aromatic heterocycles. The molecule has 0 saturated heterocycles. The van der Waals surface area contributed by atoms with Crippen molar-refractivity contribution in [2.24, 2.45) is 0 Å². The Morgan fingerprint density at radius 2 is 1.60 bits per heavy atom. The predicted molar refractivity (Wildman–Crippen MR) is 91.6 cm³/mol. The summed E-state index contributed by atoms with van der Waals surface area (Å²) in [6, 6.07) is 14.7. The van der Waals surface area contributed by atoms with Crippen LogP contribution in [-0.2, 0) is 17.6 Å². The van der Waals surface area contributed by atoms with E-state index in [0.717, 1.165) is 5.56 Å². The molecule has 0 aliphatic carbocycles. The highest BCUT2D eigenvalue weighted by atomic mass is 16.5. The zero-order valence-electron chi connectivity index (χ0n) is 13.4. The highest BCUT2D eigenvalue weighted by Gasteiger charge is 2.30. The van der Waals surface area contributed by atoms with Crippen LogP contribution in [0.4, 0.5) is 0 Å². The van der Waals surface area contributed by atoms with Gasteiger partial charge in [0.15, 0.2) is 0 Å². The summed E-state index contributed by atoms with van der Waals surface area (Å²) in [6.45, 7) is -3.83. The second-order valence-corrected chi connectivity index (χ2v) is 5.84. The van der Waals surface area contributed by atoms with E-state index in [0.29, 0.717) is 5.56 Å². The smallest absolute Gasteiger partial charge is 0.394 e. The number of benzene rings is 2. The number of carbonyl (C=O) groups is 2. The van der Waals surface area contributed by atoms with E-state index in [1.807, 2.05) is 6.07 Å². The normalized spacial score (nSPS) is 12.4. The van der Waals surface area contributed by atoms with Gasteiger partial charge in [0.2, 0.25) is 5.91 Å². The van der Waals surface area contributed by atoms with E-state index in [4.69, 9.17) is 5.11 Å². The van der Waals surface area contributed by atoms with Gasteiger partial charge in [0.25, 0.3) is 0 Å². The number of rotatable bonds is 7. The van der Waals surface area contributed by atoms with E-state index in [1.54, 1.807) is 30.3 Å². The molecule has 0 saturated carbocycles. The van der Waals surface area contributed by atoms with Crippen LogP contribution < -0.4 is 5.32 Å². The zero-order valence-corrected chi connectivity index (χ0v) is 13.4. The molecule has 0 unspecified atom stereocenters. The number of hydrogen-bond acceptors (Lipinski definition) is 5. The summed E-state index contributed by atoms with van der Waals surface area (Å²) in [5, 5.41) is 40.1. The quantitative estimate of drug-likeness (QED) is 0.454. The summed E-state index contributed by atoms with van der Waals surface area (Å²) in [4.78, 5) is 23.1. The van der Waals surface area contributed by atoms with Gasteiger partial charge in [0.1, 0.15) is 0 Å². The zero-order chi connectivity index (χ0) is 18.4. The molecular weight excluding hydrogens is 325 g/mol.